The fourth-order valence-electron chi connectivity index (χ4n) is 5.07. The minimum absolute atomic E-state index is 0.0114. The number of carbonyl (C=O) groups excluding carboxylic acids is 1. The second-order valence-corrected chi connectivity index (χ2v) is 8.78. The Bertz CT molecular complexity index is 1300. The Hall–Kier alpha value is -3.74. The minimum atomic E-state index is -0.0127. The van der Waals surface area contributed by atoms with Crippen LogP contribution in [0.2, 0.25) is 0 Å². The lowest BCUT2D eigenvalue weighted by molar-refractivity contribution is 0.205. The van der Waals surface area contributed by atoms with Crippen LogP contribution in [0.4, 0.5) is 4.79 Å². The van der Waals surface area contributed by atoms with Crippen molar-refractivity contribution in [3.8, 4) is 11.3 Å². The Morgan fingerprint density at radius 1 is 1.06 bits per heavy atom. The van der Waals surface area contributed by atoms with Crippen molar-refractivity contribution in [3.05, 3.63) is 78.4 Å². The summed E-state index contributed by atoms with van der Waals surface area (Å²) in [7, 11) is 0. The fourth-order valence-corrected chi connectivity index (χ4v) is 5.07. The highest BCUT2D eigenvalue weighted by atomic mass is 16.2. The molecule has 1 spiro atoms. The highest BCUT2D eigenvalue weighted by molar-refractivity contribution is 5.82. The Labute approximate surface area is 186 Å². The van der Waals surface area contributed by atoms with Crippen LogP contribution in [0.5, 0.6) is 0 Å². The van der Waals surface area contributed by atoms with Crippen LogP contribution in [0.3, 0.4) is 0 Å². The van der Waals surface area contributed by atoms with Crippen LogP contribution in [0.25, 0.3) is 22.2 Å². The summed E-state index contributed by atoms with van der Waals surface area (Å²) in [5.74, 6) is 0. The van der Waals surface area contributed by atoms with Crippen LogP contribution >= 0.6 is 0 Å². The highest BCUT2D eigenvalue weighted by Gasteiger charge is 2.46. The molecule has 32 heavy (non-hydrogen) atoms. The number of hydrogen-bond acceptors (Lipinski definition) is 4. The van der Waals surface area contributed by atoms with E-state index in [4.69, 9.17) is 5.10 Å². The number of aromatic nitrogens is 4. The quantitative estimate of drug-likeness (QED) is 0.543. The van der Waals surface area contributed by atoms with Crippen molar-refractivity contribution in [2.24, 2.45) is 0 Å². The molecule has 1 atom stereocenters. The molecule has 7 nitrogen and oxygen atoms in total. The first-order chi connectivity index (χ1) is 15.7. The molecule has 1 N–H and O–H groups in total. The molecule has 1 unspecified atom stereocenters. The van der Waals surface area contributed by atoms with E-state index in [0.29, 0.717) is 6.54 Å². The second-order valence-electron chi connectivity index (χ2n) is 8.78. The molecule has 5 heterocycles. The van der Waals surface area contributed by atoms with Gasteiger partial charge in [0.2, 0.25) is 0 Å². The molecule has 4 aromatic rings. The number of rotatable bonds is 3. The third kappa shape index (κ3) is 3.21. The number of nitrogens with one attached hydrogen (secondary N) is 1. The maximum Gasteiger partial charge on any atom is 0.317 e. The van der Waals surface area contributed by atoms with E-state index in [1.807, 2.05) is 41.4 Å². The first-order valence-electron chi connectivity index (χ1n) is 11.1. The lowest BCUT2D eigenvalue weighted by atomic mass is 9.82. The third-order valence-electron chi connectivity index (χ3n) is 6.82. The van der Waals surface area contributed by atoms with Gasteiger partial charge in [-0.3, -0.25) is 14.6 Å². The molecule has 0 aliphatic carbocycles. The van der Waals surface area contributed by atoms with Crippen molar-refractivity contribution in [2.45, 2.75) is 31.3 Å². The number of nitrogens with zero attached hydrogens (tertiary/aromatic N) is 5. The smallest absolute Gasteiger partial charge is 0.317 e. The molecule has 1 aromatic carbocycles. The zero-order chi connectivity index (χ0) is 21.5. The van der Waals surface area contributed by atoms with E-state index in [1.54, 1.807) is 12.4 Å². The fraction of sp³-hybridized carbons (Fsp3) is 0.280. The summed E-state index contributed by atoms with van der Waals surface area (Å²) in [5.41, 5.74) is 5.21. The van der Waals surface area contributed by atoms with E-state index in [-0.39, 0.29) is 11.4 Å². The number of amides is 2. The van der Waals surface area contributed by atoms with Gasteiger partial charge in [0.05, 0.1) is 11.2 Å². The largest absolute Gasteiger partial charge is 0.334 e. The number of pyridine rings is 2. The van der Waals surface area contributed by atoms with Gasteiger partial charge in [0.15, 0.2) is 0 Å². The Kier molecular flexibility index (Phi) is 4.41. The lowest BCUT2D eigenvalue weighted by Gasteiger charge is -2.23. The molecule has 1 saturated heterocycles. The predicted molar refractivity (Wildman–Crippen MR) is 122 cm³/mol. The van der Waals surface area contributed by atoms with Crippen molar-refractivity contribution in [3.63, 3.8) is 0 Å². The maximum atomic E-state index is 12.8. The van der Waals surface area contributed by atoms with E-state index >= 15 is 0 Å². The molecule has 2 aliphatic heterocycles. The first-order valence-corrected chi connectivity index (χ1v) is 11.1. The monoisotopic (exact) mass is 424 g/mol. The topological polar surface area (TPSA) is 75.9 Å². The van der Waals surface area contributed by atoms with Crippen molar-refractivity contribution in [1.82, 2.24) is 30.0 Å². The molecule has 3 aromatic heterocycles. The summed E-state index contributed by atoms with van der Waals surface area (Å²) in [4.78, 5) is 23.4. The van der Waals surface area contributed by atoms with Crippen molar-refractivity contribution >= 4 is 16.9 Å². The number of fused-ring (bicyclic) bond motifs is 3. The van der Waals surface area contributed by atoms with E-state index in [1.165, 1.54) is 5.69 Å². The molecule has 160 valence electrons. The van der Waals surface area contributed by atoms with Gasteiger partial charge < -0.3 is 10.2 Å². The zero-order valence-corrected chi connectivity index (χ0v) is 17.7. The number of likely N-dealkylation sites (tertiary alicyclic amines) is 1. The van der Waals surface area contributed by atoms with Gasteiger partial charge in [-0.1, -0.05) is 24.3 Å². The molecule has 2 aliphatic rings. The number of urea groups is 1. The Morgan fingerprint density at radius 3 is 2.88 bits per heavy atom. The summed E-state index contributed by atoms with van der Waals surface area (Å²) < 4.78 is 2.13. The lowest BCUT2D eigenvalue weighted by Crippen LogP contribution is -2.40. The van der Waals surface area contributed by atoms with Crippen LogP contribution in [0, 0.1) is 0 Å². The van der Waals surface area contributed by atoms with Crippen molar-refractivity contribution in [1.29, 1.82) is 0 Å². The summed E-state index contributed by atoms with van der Waals surface area (Å²) in [6.45, 7) is 2.87. The van der Waals surface area contributed by atoms with E-state index in [0.717, 1.165) is 60.2 Å². The van der Waals surface area contributed by atoms with Gasteiger partial charge >= 0.3 is 6.03 Å². The molecule has 6 rings (SSSR count). The summed E-state index contributed by atoms with van der Waals surface area (Å²) in [6, 6.07) is 16.3. The van der Waals surface area contributed by atoms with Gasteiger partial charge in [-0.2, -0.15) is 5.10 Å². The molecular formula is C25H24N6O. The third-order valence-corrected chi connectivity index (χ3v) is 6.82. The average molecular weight is 425 g/mol. The van der Waals surface area contributed by atoms with E-state index in [9.17, 15) is 4.79 Å². The van der Waals surface area contributed by atoms with E-state index < -0.39 is 0 Å². The molecule has 1 fully saturated rings. The zero-order valence-electron chi connectivity index (χ0n) is 17.7. The van der Waals surface area contributed by atoms with Crippen LogP contribution < -0.4 is 5.32 Å². The first kappa shape index (κ1) is 19.0. The van der Waals surface area contributed by atoms with Gasteiger partial charge in [-0.15, -0.1) is 0 Å². The van der Waals surface area contributed by atoms with Gasteiger partial charge in [-0.05, 0) is 42.7 Å². The highest BCUT2D eigenvalue weighted by Crippen LogP contribution is 2.43. The standard InChI is InChI=1S/C25H24N6O/c32-24(28-15-18-4-3-9-26-14-18)30-10-7-25(17-30)8-11-31-23(25)13-22(29-31)20-12-19-5-1-2-6-21(19)27-16-20/h1-6,9,12-14,16H,7-8,10-11,15,17H2,(H,28,32). The summed E-state index contributed by atoms with van der Waals surface area (Å²) >= 11 is 0. The van der Waals surface area contributed by atoms with E-state index in [2.05, 4.69) is 38.2 Å². The van der Waals surface area contributed by atoms with Crippen LogP contribution in [0.1, 0.15) is 24.1 Å². The minimum Gasteiger partial charge on any atom is -0.334 e. The summed E-state index contributed by atoms with van der Waals surface area (Å²) in [5, 5.41) is 9.03. The Morgan fingerprint density at radius 2 is 1.97 bits per heavy atom. The SMILES string of the molecule is O=C(NCc1cccnc1)N1CCC2(CCn3nc(-c4cnc5ccccc5c4)cc32)C1. The number of hydrogen-bond donors (Lipinski definition) is 1. The Balaban J connectivity index is 1.20. The normalized spacial score (nSPS) is 19.6. The number of carbonyl (C=O) groups is 1. The van der Waals surface area contributed by atoms with Crippen molar-refractivity contribution in [2.75, 3.05) is 13.1 Å². The number of benzene rings is 1. The molecule has 0 saturated carbocycles. The molecule has 7 heteroatoms. The number of aryl methyl sites for hydroxylation is 1. The van der Waals surface area contributed by atoms with Crippen LogP contribution in [-0.2, 0) is 18.5 Å². The van der Waals surface area contributed by atoms with Crippen molar-refractivity contribution < 1.29 is 4.79 Å². The second kappa shape index (κ2) is 7.44. The maximum absolute atomic E-state index is 12.8. The molecule has 2 amide bonds. The van der Waals surface area contributed by atoms with Gasteiger partial charge in [0.25, 0.3) is 0 Å². The predicted octanol–water partition coefficient (Wildman–Crippen LogP) is 3.75. The summed E-state index contributed by atoms with van der Waals surface area (Å²) in [6.07, 6.45) is 7.41. The van der Waals surface area contributed by atoms with Gasteiger partial charge in [0.1, 0.15) is 0 Å². The van der Waals surface area contributed by atoms with Crippen LogP contribution in [0.15, 0.2) is 67.1 Å². The molecule has 0 bridgehead atoms. The molecular weight excluding hydrogens is 400 g/mol. The van der Waals surface area contributed by atoms with Gasteiger partial charge in [-0.25, -0.2) is 4.79 Å². The number of para-hydroxylation sites is 1. The van der Waals surface area contributed by atoms with Gasteiger partial charge in [0, 0.05) is 66.8 Å². The molecule has 0 radical (unpaired) electrons. The average Bonchev–Trinajstić information content (AvgIpc) is 3.55. The van der Waals surface area contributed by atoms with Crippen LogP contribution in [-0.4, -0.2) is 43.8 Å².